The first-order chi connectivity index (χ1) is 39.4. The maximum absolute atomic E-state index is 13.0. The summed E-state index contributed by atoms with van der Waals surface area (Å²) < 4.78 is 67.8. The fraction of sp³-hybridized carbons (Fsp3) is 0.873. The van der Waals surface area contributed by atoms with Crippen LogP contribution < -0.4 is 0 Å². The van der Waals surface area contributed by atoms with E-state index < -0.39 is 97.5 Å². The molecular weight excluding hydrogens is 1090 g/mol. The summed E-state index contributed by atoms with van der Waals surface area (Å²) in [5, 5.41) is 10.5. The molecule has 19 heteroatoms. The van der Waals surface area contributed by atoms with Crippen LogP contribution in [-0.2, 0) is 65.4 Å². The first-order valence-electron chi connectivity index (χ1n) is 32.3. The lowest BCUT2D eigenvalue weighted by molar-refractivity contribution is -0.161. The summed E-state index contributed by atoms with van der Waals surface area (Å²) in [6.07, 6.45) is 40.1. The highest BCUT2D eigenvalue weighted by Gasteiger charge is 2.30. The number of hydrogen-bond donors (Lipinski definition) is 3. The van der Waals surface area contributed by atoms with Gasteiger partial charge in [-0.3, -0.25) is 37.3 Å². The van der Waals surface area contributed by atoms with Gasteiger partial charge < -0.3 is 33.8 Å². The third-order valence-electron chi connectivity index (χ3n) is 13.8. The number of hydrogen-bond acceptors (Lipinski definition) is 15. The number of phosphoric ester groups is 2. The minimum atomic E-state index is -4.95. The number of rotatable bonds is 60. The van der Waals surface area contributed by atoms with Crippen LogP contribution in [0, 0.1) is 11.8 Å². The van der Waals surface area contributed by atoms with Crippen LogP contribution in [-0.4, -0.2) is 96.7 Å². The Morgan fingerprint density at radius 1 is 0.378 bits per heavy atom. The highest BCUT2D eigenvalue weighted by molar-refractivity contribution is 7.47. The number of aliphatic hydroxyl groups is 1. The molecule has 0 radical (unpaired) electrons. The van der Waals surface area contributed by atoms with Gasteiger partial charge in [0.15, 0.2) is 12.2 Å². The average molecular weight is 1210 g/mol. The standard InChI is InChI=1S/C63H118O17P2/c1-7-9-11-13-15-17-18-19-20-21-22-23-27-35-41-47-62(67)79-58(51-74-61(66)46-40-34-28-24-25-31-37-43-55(3)4)53-77-81(69,70)75-49-57(64)50-76-82(71,72)78-54-59(52-73-60(65)45-39-33-26-16-14-12-10-8-2)80-63(68)48-42-36-30-29-32-38-44-56(5)6/h17-20,55-59,64H,7-16,21-54H2,1-6H3,(H,69,70)(H,71,72)/b18-17-,20-19-/t57-,58-,59-/m1/s1. The molecule has 0 saturated heterocycles. The minimum Gasteiger partial charge on any atom is -0.462 e. The average Bonchev–Trinajstić information content (AvgIpc) is 3.43. The molecule has 0 bridgehead atoms. The van der Waals surface area contributed by atoms with Crippen LogP contribution in [0.25, 0.3) is 0 Å². The lowest BCUT2D eigenvalue weighted by Gasteiger charge is -2.21. The molecule has 0 aliphatic heterocycles. The lowest BCUT2D eigenvalue weighted by Crippen LogP contribution is -2.30. The smallest absolute Gasteiger partial charge is 0.462 e. The molecule has 17 nitrogen and oxygen atoms in total. The van der Waals surface area contributed by atoms with Gasteiger partial charge in [0, 0.05) is 25.7 Å². The number of phosphoric acid groups is 2. The zero-order valence-corrected chi connectivity index (χ0v) is 54.0. The van der Waals surface area contributed by atoms with E-state index in [0.29, 0.717) is 37.5 Å². The summed E-state index contributed by atoms with van der Waals surface area (Å²) in [5.74, 6) is -0.804. The monoisotopic (exact) mass is 1210 g/mol. The lowest BCUT2D eigenvalue weighted by atomic mass is 10.0. The van der Waals surface area contributed by atoms with Crippen LogP contribution >= 0.6 is 15.6 Å². The fourth-order valence-electron chi connectivity index (χ4n) is 8.81. The predicted molar refractivity (Wildman–Crippen MR) is 326 cm³/mol. The third-order valence-corrected chi connectivity index (χ3v) is 15.7. The molecule has 0 rings (SSSR count). The highest BCUT2D eigenvalue weighted by atomic mass is 31.2. The molecule has 0 aliphatic rings. The molecule has 2 unspecified atom stereocenters. The molecular formula is C63H118O17P2. The first-order valence-corrected chi connectivity index (χ1v) is 35.3. The molecule has 0 spiro atoms. The normalized spacial score (nSPS) is 14.5. The number of unbranched alkanes of at least 4 members (excludes halogenated alkanes) is 27. The molecule has 0 fully saturated rings. The molecule has 5 atom stereocenters. The molecule has 0 aromatic rings. The van der Waals surface area contributed by atoms with Gasteiger partial charge in [-0.2, -0.15) is 0 Å². The summed E-state index contributed by atoms with van der Waals surface area (Å²) in [7, 11) is -9.89. The Hall–Kier alpha value is -2.46. The van der Waals surface area contributed by atoms with Crippen molar-refractivity contribution in [1.82, 2.24) is 0 Å². The van der Waals surface area contributed by atoms with E-state index in [-0.39, 0.29) is 25.7 Å². The number of carbonyl (C=O) groups is 4. The Morgan fingerprint density at radius 2 is 0.659 bits per heavy atom. The van der Waals surface area contributed by atoms with Crippen molar-refractivity contribution in [2.24, 2.45) is 11.8 Å². The number of carbonyl (C=O) groups excluding carboxylic acids is 4. The van der Waals surface area contributed by atoms with Gasteiger partial charge in [-0.15, -0.1) is 0 Å². The van der Waals surface area contributed by atoms with E-state index in [0.717, 1.165) is 116 Å². The molecule has 3 N–H and O–H groups in total. The van der Waals surface area contributed by atoms with Crippen molar-refractivity contribution in [1.29, 1.82) is 0 Å². The van der Waals surface area contributed by atoms with Crippen LogP contribution in [0.3, 0.4) is 0 Å². The SMILES string of the molecule is CCCCCC/C=C\C=C/CCCCCCCC(=O)O[C@H](COC(=O)CCCCCCCCCC(C)C)COP(=O)(O)OC[C@@H](O)COP(=O)(O)OC[C@@H](COC(=O)CCCCCCCCCC)OC(=O)CCCCCCCCC(C)C. The number of aliphatic hydroxyl groups excluding tert-OH is 1. The van der Waals surface area contributed by atoms with Gasteiger partial charge in [0.2, 0.25) is 0 Å². The van der Waals surface area contributed by atoms with E-state index in [1.807, 2.05) is 0 Å². The second-order valence-electron chi connectivity index (χ2n) is 23.1. The molecule has 482 valence electrons. The quantitative estimate of drug-likeness (QED) is 0.0169. The highest BCUT2D eigenvalue weighted by Crippen LogP contribution is 2.45. The zero-order chi connectivity index (χ0) is 60.8. The van der Waals surface area contributed by atoms with Crippen LogP contribution in [0.4, 0.5) is 0 Å². The van der Waals surface area contributed by atoms with E-state index in [9.17, 15) is 43.2 Å². The van der Waals surface area contributed by atoms with E-state index in [2.05, 4.69) is 65.8 Å². The Balaban J connectivity index is 5.26. The maximum atomic E-state index is 13.0. The molecule has 0 aliphatic carbocycles. The summed E-state index contributed by atoms with van der Waals surface area (Å²) in [5.41, 5.74) is 0. The second kappa shape index (κ2) is 55.1. The van der Waals surface area contributed by atoms with Crippen molar-refractivity contribution in [2.75, 3.05) is 39.6 Å². The molecule has 0 aromatic carbocycles. The van der Waals surface area contributed by atoms with Crippen LogP contribution in [0.5, 0.6) is 0 Å². The van der Waals surface area contributed by atoms with Gasteiger partial charge in [-0.25, -0.2) is 9.13 Å². The van der Waals surface area contributed by atoms with Crippen molar-refractivity contribution in [3.8, 4) is 0 Å². The predicted octanol–water partition coefficient (Wildman–Crippen LogP) is 16.8. The largest absolute Gasteiger partial charge is 0.472 e. The summed E-state index contributed by atoms with van der Waals surface area (Å²) in [4.78, 5) is 72.0. The van der Waals surface area contributed by atoms with Gasteiger partial charge in [-0.05, 0) is 63.2 Å². The summed E-state index contributed by atoms with van der Waals surface area (Å²) in [6.45, 7) is 9.24. The molecule has 82 heavy (non-hydrogen) atoms. The van der Waals surface area contributed by atoms with E-state index >= 15 is 0 Å². The fourth-order valence-corrected chi connectivity index (χ4v) is 10.4. The van der Waals surface area contributed by atoms with E-state index in [1.54, 1.807) is 0 Å². The topological polar surface area (TPSA) is 237 Å². The van der Waals surface area contributed by atoms with Gasteiger partial charge in [0.25, 0.3) is 0 Å². The van der Waals surface area contributed by atoms with Crippen LogP contribution in [0.15, 0.2) is 24.3 Å². The third kappa shape index (κ3) is 56.7. The van der Waals surface area contributed by atoms with Crippen molar-refractivity contribution in [3.05, 3.63) is 24.3 Å². The van der Waals surface area contributed by atoms with Gasteiger partial charge in [0.1, 0.15) is 19.3 Å². The van der Waals surface area contributed by atoms with Crippen molar-refractivity contribution in [3.63, 3.8) is 0 Å². The molecule has 0 heterocycles. The Bertz CT molecular complexity index is 1710. The first kappa shape index (κ1) is 79.5. The second-order valence-corrected chi connectivity index (χ2v) is 26.0. The molecule has 0 saturated carbocycles. The summed E-state index contributed by atoms with van der Waals surface area (Å²) >= 11 is 0. The molecule has 0 aromatic heterocycles. The van der Waals surface area contributed by atoms with Gasteiger partial charge >= 0.3 is 39.5 Å². The maximum Gasteiger partial charge on any atom is 0.472 e. The minimum absolute atomic E-state index is 0.0837. The zero-order valence-electron chi connectivity index (χ0n) is 52.3. The Kier molecular flexibility index (Phi) is 53.5. The van der Waals surface area contributed by atoms with E-state index in [1.165, 1.54) is 77.0 Å². The molecule has 0 amide bonds. The van der Waals surface area contributed by atoms with E-state index in [4.69, 9.17) is 37.0 Å². The Morgan fingerprint density at radius 3 is 1.00 bits per heavy atom. The number of ether oxygens (including phenoxy) is 4. The number of allylic oxidation sites excluding steroid dienone is 4. The van der Waals surface area contributed by atoms with Crippen molar-refractivity contribution >= 4 is 39.5 Å². The van der Waals surface area contributed by atoms with Crippen LogP contribution in [0.1, 0.15) is 286 Å². The summed E-state index contributed by atoms with van der Waals surface area (Å²) in [6, 6.07) is 0. The van der Waals surface area contributed by atoms with Crippen LogP contribution in [0.2, 0.25) is 0 Å². The Labute approximate surface area is 497 Å². The number of esters is 4. The van der Waals surface area contributed by atoms with Gasteiger partial charge in [0.05, 0.1) is 26.4 Å². The van der Waals surface area contributed by atoms with Gasteiger partial charge in [-0.1, -0.05) is 233 Å². The van der Waals surface area contributed by atoms with Crippen molar-refractivity contribution < 1.29 is 80.2 Å². The van der Waals surface area contributed by atoms with Crippen molar-refractivity contribution in [2.45, 2.75) is 304 Å².